The van der Waals surface area contributed by atoms with Crippen molar-refractivity contribution in [2.45, 2.75) is 57.7 Å². The molecule has 2 saturated heterocycles. The third-order valence-corrected chi connectivity index (χ3v) is 14.0. The third-order valence-electron chi connectivity index (χ3n) is 13.8. The Balaban J connectivity index is 0.734. The van der Waals surface area contributed by atoms with Crippen LogP contribution in [0.5, 0.6) is 0 Å². The first kappa shape index (κ1) is 53.5. The smallest absolute Gasteiger partial charge is 0.272 e. The molecule has 3 aromatic carbocycles. The maximum atomic E-state index is 13.9. The van der Waals surface area contributed by atoms with Crippen LogP contribution in [0.4, 0.5) is 11.5 Å². The van der Waals surface area contributed by atoms with Gasteiger partial charge in [-0.05, 0) is 79.1 Å². The average Bonchev–Trinajstić information content (AvgIpc) is 3.91. The summed E-state index contributed by atoms with van der Waals surface area (Å²) in [5.41, 5.74) is 13.1. The molecule has 8 N–H and O–H groups in total. The zero-order valence-corrected chi connectivity index (χ0v) is 43.1. The molecule has 0 aliphatic carbocycles. The predicted octanol–water partition coefficient (Wildman–Crippen LogP) is 5.00. The molecule has 4 amide bonds. The van der Waals surface area contributed by atoms with Crippen LogP contribution in [0.1, 0.15) is 65.0 Å². The van der Waals surface area contributed by atoms with Gasteiger partial charge in [-0.25, -0.2) is 15.0 Å². The van der Waals surface area contributed by atoms with E-state index in [1.807, 2.05) is 78.7 Å². The number of fused-ring (bicyclic) bond motifs is 1. The van der Waals surface area contributed by atoms with Crippen molar-refractivity contribution >= 4 is 57.8 Å². The molecule has 2 aliphatic rings. The molecule has 0 unspecified atom stereocenters. The number of aromatic amines is 1. The molecule has 0 bridgehead atoms. The number of aryl methyl sites for hydroxylation is 2. The van der Waals surface area contributed by atoms with Crippen LogP contribution in [0, 0.1) is 6.92 Å². The van der Waals surface area contributed by atoms with Crippen molar-refractivity contribution in [3.8, 4) is 11.1 Å². The van der Waals surface area contributed by atoms with Crippen LogP contribution in [0.3, 0.4) is 0 Å². The Morgan fingerprint density at radius 1 is 0.838 bits per heavy atom. The number of carbonyl (C=O) groups is 4. The minimum atomic E-state index is -1.03. The zero-order chi connectivity index (χ0) is 51.9. The molecule has 0 radical (unpaired) electrons. The Morgan fingerprint density at radius 2 is 1.61 bits per heavy atom. The summed E-state index contributed by atoms with van der Waals surface area (Å²) in [5, 5.41) is 17.0. The largest absolute Gasteiger partial charge is 0.378 e. The van der Waals surface area contributed by atoms with Gasteiger partial charge in [0.2, 0.25) is 17.7 Å². The van der Waals surface area contributed by atoms with Crippen LogP contribution >= 0.6 is 11.6 Å². The van der Waals surface area contributed by atoms with Crippen molar-refractivity contribution in [2.75, 3.05) is 95.4 Å². The molecule has 74 heavy (non-hydrogen) atoms. The molecule has 2 aliphatic heterocycles. The van der Waals surface area contributed by atoms with Gasteiger partial charge >= 0.3 is 0 Å². The topological polar surface area (TPSA) is 228 Å². The van der Waals surface area contributed by atoms with Gasteiger partial charge in [0.15, 0.2) is 5.69 Å². The van der Waals surface area contributed by atoms with Crippen molar-refractivity contribution in [3.05, 3.63) is 137 Å². The monoisotopic (exact) mass is 1030 g/mol. The van der Waals surface area contributed by atoms with Gasteiger partial charge in [-0.2, -0.15) is 0 Å². The fourth-order valence-electron chi connectivity index (χ4n) is 9.39. The number of aromatic nitrogens is 4. The summed E-state index contributed by atoms with van der Waals surface area (Å²) in [6.45, 7) is 10.6. The van der Waals surface area contributed by atoms with Crippen LogP contribution in [0.15, 0.2) is 104 Å². The highest BCUT2D eigenvalue weighted by molar-refractivity contribution is 6.30. The molecule has 2 fully saturated rings. The van der Waals surface area contributed by atoms with E-state index < -0.39 is 11.4 Å². The lowest BCUT2D eigenvalue weighted by Crippen LogP contribution is -2.60. The fraction of sp³-hybridized carbons (Fsp3) is 0.400. The summed E-state index contributed by atoms with van der Waals surface area (Å²) in [6.07, 6.45) is 7.52. The molecule has 19 heteroatoms. The maximum absolute atomic E-state index is 13.9. The highest BCUT2D eigenvalue weighted by Gasteiger charge is 2.39. The highest BCUT2D eigenvalue weighted by atomic mass is 35.5. The fourth-order valence-corrected chi connectivity index (χ4v) is 9.51. The van der Waals surface area contributed by atoms with Gasteiger partial charge in [-0.3, -0.25) is 24.1 Å². The number of nitrogens with zero attached hydrogens (tertiary/aromatic N) is 6. The Labute approximate surface area is 437 Å². The Hall–Kier alpha value is -6.80. The first-order valence-electron chi connectivity index (χ1n) is 25.6. The average molecular weight is 1030 g/mol. The lowest BCUT2D eigenvalue weighted by Gasteiger charge is -2.39. The second kappa shape index (κ2) is 25.9. The molecular formula is C55H68ClN13O5. The number of ether oxygens (including phenoxy) is 1. The number of anilines is 2. The molecular weight excluding hydrogens is 958 g/mol. The zero-order valence-electron chi connectivity index (χ0n) is 42.3. The van der Waals surface area contributed by atoms with Gasteiger partial charge in [-0.1, -0.05) is 84.8 Å². The van der Waals surface area contributed by atoms with Gasteiger partial charge < -0.3 is 51.8 Å². The van der Waals surface area contributed by atoms with E-state index in [-0.39, 0.29) is 55.7 Å². The lowest BCUT2D eigenvalue weighted by molar-refractivity contribution is -0.132. The molecule has 0 saturated carbocycles. The summed E-state index contributed by atoms with van der Waals surface area (Å²) in [4.78, 5) is 76.5. The van der Waals surface area contributed by atoms with E-state index in [9.17, 15) is 19.2 Å². The Kier molecular flexibility index (Phi) is 18.7. The summed E-state index contributed by atoms with van der Waals surface area (Å²) in [5.74, 6) is -0.0554. The number of halogens is 1. The maximum Gasteiger partial charge on any atom is 0.272 e. The number of benzene rings is 3. The number of rotatable bonds is 23. The molecule has 0 spiro atoms. The van der Waals surface area contributed by atoms with E-state index in [4.69, 9.17) is 22.1 Å². The number of nitrogens with one attached hydrogen (secondary N) is 6. The quantitative estimate of drug-likeness (QED) is 0.0420. The standard InChI is InChI=1S/C55H68ClN13O5/c1-3-39-7-5-9-42(31-39)43-32-47(65-48(70)35-59-33-40-8-4-6-38(2)30-40)50(62-34-43)53(72)61-20-29-74-28-19-58-36-49(71)68-26-24-67(25-27-68)21-15-46(41-10-12-44(56)13-11-41)66-54(73)55(57)16-22-69(23-17-55)52-45-14-18-60-51(45)63-37-64-52/h4-14,18,30-32,34,37,46,58-59H,3,15-17,19-29,33,35-36,57H2,1-2H3,(H,61,72)(H,65,70)(H,66,73)(H,60,63,64)/t46-/m0/s1. The number of nitrogens with two attached hydrogens (primary N) is 1. The van der Waals surface area contributed by atoms with Crippen LogP contribution in [-0.4, -0.2) is 144 Å². The molecule has 3 aromatic heterocycles. The van der Waals surface area contributed by atoms with Gasteiger partial charge in [-0.15, -0.1) is 0 Å². The van der Waals surface area contributed by atoms with E-state index in [0.717, 1.165) is 63.2 Å². The number of hydrogen-bond acceptors (Lipinski definition) is 13. The number of piperidine rings is 1. The van der Waals surface area contributed by atoms with Crippen LogP contribution < -0.4 is 37.2 Å². The third kappa shape index (κ3) is 14.5. The van der Waals surface area contributed by atoms with Gasteiger partial charge in [0, 0.05) is 88.4 Å². The summed E-state index contributed by atoms with van der Waals surface area (Å²) in [7, 11) is 0. The molecule has 5 heterocycles. The Morgan fingerprint density at radius 3 is 2.39 bits per heavy atom. The van der Waals surface area contributed by atoms with Gasteiger partial charge in [0.25, 0.3) is 5.91 Å². The molecule has 1 atom stereocenters. The number of pyridine rings is 1. The van der Waals surface area contributed by atoms with Crippen molar-refractivity contribution in [3.63, 3.8) is 0 Å². The second-order valence-corrected chi connectivity index (χ2v) is 19.5. The Bertz CT molecular complexity index is 2850. The lowest BCUT2D eigenvalue weighted by atomic mass is 9.87. The molecule has 6 aromatic rings. The van der Waals surface area contributed by atoms with Crippen LogP contribution in [0.2, 0.25) is 5.02 Å². The number of H-pyrrole nitrogens is 1. The minimum Gasteiger partial charge on any atom is -0.378 e. The SMILES string of the molecule is CCc1cccc(-c2cnc(C(=O)NCCOCCNCC(=O)N3CCN(CC[C@H](NC(=O)C4(N)CCN(c5ncnc6[nH]ccc56)CC4)c4ccc(Cl)cc4)CC3)c(NC(=O)CNCc3cccc(C)c3)c2)c1. The molecule has 390 valence electrons. The van der Waals surface area contributed by atoms with Crippen molar-refractivity contribution in [1.29, 1.82) is 0 Å². The predicted molar refractivity (Wildman–Crippen MR) is 289 cm³/mol. The van der Waals surface area contributed by atoms with E-state index >= 15 is 0 Å². The first-order chi connectivity index (χ1) is 35.9. The van der Waals surface area contributed by atoms with Gasteiger partial charge in [0.1, 0.15) is 17.8 Å². The highest BCUT2D eigenvalue weighted by Crippen LogP contribution is 2.30. The van der Waals surface area contributed by atoms with E-state index in [1.165, 1.54) is 0 Å². The number of hydrogen-bond donors (Lipinski definition) is 7. The van der Waals surface area contributed by atoms with Crippen molar-refractivity contribution in [2.24, 2.45) is 5.73 Å². The normalized spacial score (nSPS) is 15.2. The summed E-state index contributed by atoms with van der Waals surface area (Å²) in [6, 6.07) is 27.2. The molecule has 18 nitrogen and oxygen atoms in total. The van der Waals surface area contributed by atoms with E-state index in [1.54, 1.807) is 18.6 Å². The molecule has 8 rings (SSSR count). The number of amides is 4. The summed E-state index contributed by atoms with van der Waals surface area (Å²) >= 11 is 6.25. The first-order valence-corrected chi connectivity index (χ1v) is 25.9. The van der Waals surface area contributed by atoms with Gasteiger partial charge in [0.05, 0.1) is 49.0 Å². The van der Waals surface area contributed by atoms with Crippen LogP contribution in [0.25, 0.3) is 22.2 Å². The van der Waals surface area contributed by atoms with Crippen molar-refractivity contribution in [1.82, 2.24) is 51.0 Å². The second-order valence-electron chi connectivity index (χ2n) is 19.0. The minimum absolute atomic E-state index is 0.0151. The summed E-state index contributed by atoms with van der Waals surface area (Å²) < 4.78 is 5.77. The van der Waals surface area contributed by atoms with Crippen LogP contribution in [-0.2, 0) is 32.1 Å². The van der Waals surface area contributed by atoms with E-state index in [2.05, 4.69) is 81.4 Å². The van der Waals surface area contributed by atoms with Crippen molar-refractivity contribution < 1.29 is 23.9 Å². The number of carbonyl (C=O) groups excluding carboxylic acids is 4. The number of piperazine rings is 1. The van der Waals surface area contributed by atoms with E-state index in [0.29, 0.717) is 88.9 Å².